The number of azide groups is 2. The van der Waals surface area contributed by atoms with E-state index in [2.05, 4.69) is 39.7 Å². The molecular weight excluding hydrogens is 1200 g/mol. The molecule has 2 saturated heterocycles. The van der Waals surface area contributed by atoms with Crippen molar-refractivity contribution in [3.63, 3.8) is 0 Å². The molecule has 4 aromatic carbocycles. The Morgan fingerprint density at radius 1 is 0.609 bits per heavy atom. The summed E-state index contributed by atoms with van der Waals surface area (Å²) in [5.41, 5.74) is 19.3. The Labute approximate surface area is 538 Å². The van der Waals surface area contributed by atoms with Crippen molar-refractivity contribution >= 4 is 44.1 Å². The molecule has 6 rings (SSSR count). The molecule has 0 spiro atoms. The summed E-state index contributed by atoms with van der Waals surface area (Å²) in [6, 6.07) is 24.5. The maximum Gasteiger partial charge on any atom is 0.342 e. The Morgan fingerprint density at radius 3 is 1.40 bits per heavy atom. The monoisotopic (exact) mass is 1290 g/mol. The fourth-order valence-electron chi connectivity index (χ4n) is 9.48. The van der Waals surface area contributed by atoms with Crippen LogP contribution in [0, 0.1) is 11.8 Å². The van der Waals surface area contributed by atoms with Crippen molar-refractivity contribution in [1.29, 1.82) is 0 Å². The lowest BCUT2D eigenvalue weighted by atomic mass is 10.0. The van der Waals surface area contributed by atoms with E-state index in [-0.39, 0.29) is 61.1 Å². The summed E-state index contributed by atoms with van der Waals surface area (Å²) in [7, 11) is 4.49. The largest absolute Gasteiger partial charge is 0.497 e. The number of hydrogen-bond acceptors (Lipinski definition) is 19. The first-order valence-electron chi connectivity index (χ1n) is 29.9. The lowest BCUT2D eigenvalue weighted by molar-refractivity contribution is -0.153. The van der Waals surface area contributed by atoms with E-state index in [0.29, 0.717) is 53.2 Å². The summed E-state index contributed by atoms with van der Waals surface area (Å²) < 4.78 is 74.8. The summed E-state index contributed by atoms with van der Waals surface area (Å²) in [6.45, 7) is 18.1. The molecule has 0 amide bonds. The van der Waals surface area contributed by atoms with Gasteiger partial charge in [0.05, 0.1) is 44.2 Å². The zero-order valence-electron chi connectivity index (χ0n) is 54.5. The van der Waals surface area contributed by atoms with E-state index < -0.39 is 80.1 Å². The summed E-state index contributed by atoms with van der Waals surface area (Å²) in [4.78, 5) is 57.5. The number of nitrogens with zero attached hydrogens (tertiary/aromatic N) is 6. The summed E-state index contributed by atoms with van der Waals surface area (Å²) in [5.74, 6) is -3.70. The smallest absolute Gasteiger partial charge is 0.342 e. The van der Waals surface area contributed by atoms with Gasteiger partial charge >= 0.3 is 23.9 Å². The maximum absolute atomic E-state index is 13.5. The quantitative estimate of drug-likeness (QED) is 0.00677. The van der Waals surface area contributed by atoms with Crippen molar-refractivity contribution in [1.82, 2.24) is 0 Å². The van der Waals surface area contributed by atoms with Crippen LogP contribution in [0.3, 0.4) is 0 Å². The maximum atomic E-state index is 13.5. The molecule has 2 heterocycles. The van der Waals surface area contributed by atoms with Gasteiger partial charge in [0.15, 0.2) is 25.2 Å². The third-order valence-corrected chi connectivity index (χ3v) is 15.6. The number of rotatable bonds is 33. The molecule has 8 atom stereocenters. The fraction of sp³-hybridized carbons (Fsp3) is 0.463. The molecule has 0 aliphatic carbocycles. The minimum absolute atomic E-state index is 0.0545. The molecule has 25 heteroatoms. The van der Waals surface area contributed by atoms with Crippen LogP contribution in [0.5, 0.6) is 23.0 Å². The molecule has 4 aromatic rings. The molecule has 2 aliphatic rings. The number of carbonyl (C=O) groups excluding carboxylic acids is 3. The van der Waals surface area contributed by atoms with E-state index in [0.717, 1.165) is 6.04 Å². The molecule has 0 aromatic heterocycles. The van der Waals surface area contributed by atoms with Gasteiger partial charge < -0.3 is 66.7 Å². The van der Waals surface area contributed by atoms with Gasteiger partial charge in [-0.05, 0) is 129 Å². The second-order valence-corrected chi connectivity index (χ2v) is 29.2. The molecule has 92 heavy (non-hydrogen) atoms. The van der Waals surface area contributed by atoms with Crippen LogP contribution >= 0.6 is 0 Å². The Morgan fingerprint density at radius 2 is 1.02 bits per heavy atom. The molecule has 2 aliphatic heterocycles. The van der Waals surface area contributed by atoms with Crippen molar-refractivity contribution in [2.45, 2.75) is 128 Å². The van der Waals surface area contributed by atoms with Gasteiger partial charge in [-0.2, -0.15) is 0 Å². The third-order valence-electron chi connectivity index (χ3n) is 13.9. The molecule has 0 saturated carbocycles. The number of benzene rings is 4. The van der Waals surface area contributed by atoms with Crippen molar-refractivity contribution in [2.75, 3.05) is 61.7 Å². The van der Waals surface area contributed by atoms with Crippen LogP contribution in [0.25, 0.3) is 33.0 Å². The molecule has 1 N–H and O–H groups in total. The highest BCUT2D eigenvalue weighted by atomic mass is 28.3. The first-order chi connectivity index (χ1) is 43.8. The highest BCUT2D eigenvalue weighted by molar-refractivity contribution is 6.76. The number of carbonyl (C=O) groups is 4. The van der Waals surface area contributed by atoms with E-state index in [1.807, 2.05) is 32.1 Å². The predicted molar refractivity (Wildman–Crippen MR) is 347 cm³/mol. The van der Waals surface area contributed by atoms with E-state index in [1.54, 1.807) is 137 Å². The van der Waals surface area contributed by atoms with Crippen LogP contribution in [-0.2, 0) is 42.6 Å². The molecule has 2 unspecified atom stereocenters. The van der Waals surface area contributed by atoms with Crippen molar-refractivity contribution in [3.05, 3.63) is 176 Å². The number of aromatic carboxylic acids is 1. The van der Waals surface area contributed by atoms with Crippen molar-refractivity contribution < 1.29 is 85.9 Å². The Hall–Kier alpha value is -8.48. The molecule has 24 nitrogen and oxygen atoms in total. The second-order valence-electron chi connectivity index (χ2n) is 23.6. The highest BCUT2D eigenvalue weighted by Gasteiger charge is 2.47. The zero-order valence-corrected chi connectivity index (χ0v) is 55.5. The van der Waals surface area contributed by atoms with Gasteiger partial charge in [0.25, 0.3) is 0 Å². The first kappa shape index (κ1) is 74.2. The van der Waals surface area contributed by atoms with Crippen LogP contribution in [0.15, 0.2) is 132 Å². The number of hydrogen-bond donors (Lipinski definition) is 1. The van der Waals surface area contributed by atoms with Gasteiger partial charge in [0.1, 0.15) is 58.5 Å². The SMILES string of the molecule is COCOc1cc(OC)cc(/C=C/C[C@@H]2OC(C)(C)O[C@@H]2C(/C=C\[C@H](C)CN=[N+]=[N-])OC(=O)c2ccccc2)c1C(=O)O.COCOc1cc(OC)cc(/C=C/C[C@@H]2OC(C)(C)O[C@@H]2C(/C=C\[C@H](C)CN=[N+]=[N-])OC(=O)c2ccccc2)c1C(=O)OCC[Si](C)(C)C. The van der Waals surface area contributed by atoms with Gasteiger partial charge in [-0.15, -0.1) is 0 Å². The zero-order chi connectivity index (χ0) is 67.4. The number of ether oxygens (including phenoxy) is 13. The van der Waals surface area contributed by atoms with E-state index in [1.165, 1.54) is 34.5 Å². The average Bonchev–Trinajstić information content (AvgIpc) is 1.54. The number of methoxy groups -OCH3 is 4. The second kappa shape index (κ2) is 36.5. The first-order valence-corrected chi connectivity index (χ1v) is 33.6. The molecule has 0 bridgehead atoms. The van der Waals surface area contributed by atoms with E-state index in [4.69, 9.17) is 72.6 Å². The van der Waals surface area contributed by atoms with Crippen LogP contribution in [-0.4, -0.2) is 147 Å². The molecule has 0 radical (unpaired) electrons. The van der Waals surface area contributed by atoms with Gasteiger partial charge in [-0.1, -0.05) is 117 Å². The van der Waals surface area contributed by atoms with Gasteiger partial charge in [-0.3, -0.25) is 0 Å². The van der Waals surface area contributed by atoms with E-state index in [9.17, 15) is 24.3 Å². The minimum Gasteiger partial charge on any atom is -0.497 e. The molecule has 2 fully saturated rings. The normalized spacial score (nSPS) is 18.8. The average molecular weight is 1290 g/mol. The van der Waals surface area contributed by atoms with Gasteiger partial charge in [0, 0.05) is 57.3 Å². The number of esters is 3. The highest BCUT2D eigenvalue weighted by Crippen LogP contribution is 2.38. The van der Waals surface area contributed by atoms with Gasteiger partial charge in [0.2, 0.25) is 0 Å². The van der Waals surface area contributed by atoms with Crippen LogP contribution in [0.2, 0.25) is 25.7 Å². The van der Waals surface area contributed by atoms with Gasteiger partial charge in [-0.25, -0.2) is 19.2 Å². The standard InChI is InChI=1S/C36H49N3O9Si.C31H37N3O9/c1-25(23-38-39-37)17-18-29(46-34(40)26-13-10-9-11-14-26)33-30(47-36(2,3)48-33)16-12-15-27-21-28(43-5)22-31(45-24-42-4)32(27)35(41)44-19-20-49(6,7)8;1-20(18-33-34-32)14-15-24(41-30(37)21-10-7-6-8-11-21)28-25(42-31(2,3)43-28)13-9-12-22-16-23(39-5)17-26(40-19-38-4)27(22)29(35)36/h9-15,17-18,21-22,25,29-30,33H,16,19-20,23-24H2,1-8H3;6-12,14-17,20,24-25,28H,13,18-19H2,1-5H3,(H,35,36)/b15-12+,18-17-;12-9+,15-14-/t25-,29?,30-,33+;20-,24?,25-,28+/m00/s1. The molecule has 496 valence electrons. The Balaban J connectivity index is 0.000000337. The summed E-state index contributed by atoms with van der Waals surface area (Å²) >= 11 is 0. The Bertz CT molecular complexity index is 3290. The minimum atomic E-state index is -1.44. The lowest BCUT2D eigenvalue weighted by Gasteiger charge is -2.24. The molecular formula is C67H86N6O18Si. The fourth-order valence-corrected chi connectivity index (χ4v) is 10.2. The summed E-state index contributed by atoms with van der Waals surface area (Å²) in [6.07, 6.45) is 10.6. The van der Waals surface area contributed by atoms with Crippen molar-refractivity contribution in [2.24, 2.45) is 22.1 Å². The van der Waals surface area contributed by atoms with Crippen molar-refractivity contribution in [3.8, 4) is 23.0 Å². The lowest BCUT2D eigenvalue weighted by Crippen LogP contribution is -2.37. The number of carboxylic acids is 1. The third kappa shape index (κ3) is 24.0. The number of carboxylic acid groups (broad SMARTS) is 1. The Kier molecular flexibility index (Phi) is 29.5. The van der Waals surface area contributed by atoms with E-state index >= 15 is 0 Å². The summed E-state index contributed by atoms with van der Waals surface area (Å²) in [5, 5.41) is 17.2. The topological polar surface area (TPSA) is 306 Å². The van der Waals surface area contributed by atoms with Crippen LogP contribution in [0.1, 0.15) is 107 Å². The van der Waals surface area contributed by atoms with Crippen LogP contribution < -0.4 is 18.9 Å². The predicted octanol–water partition coefficient (Wildman–Crippen LogP) is 13.9. The van der Waals surface area contributed by atoms with Crippen LogP contribution in [0.4, 0.5) is 0 Å².